The molecule has 1 amide bonds. The molecule has 0 heterocycles. The number of hydrogen-bond donors (Lipinski definition) is 0. The van der Waals surface area contributed by atoms with Gasteiger partial charge < -0.3 is 19.3 Å². The van der Waals surface area contributed by atoms with E-state index in [2.05, 4.69) is 67.4 Å². The third kappa shape index (κ3) is 39.4. The Hall–Kier alpha value is -2.32. The number of carbonyl (C=O) groups excluding carboxylic acids is 3. The molecule has 0 aromatic heterocycles. The zero-order chi connectivity index (χ0) is 39.6. The first-order valence-corrected chi connectivity index (χ1v) is 23.0. The van der Waals surface area contributed by atoms with E-state index in [1.165, 1.54) is 77.0 Å². The first-order valence-electron chi connectivity index (χ1n) is 21.8. The van der Waals surface area contributed by atoms with Gasteiger partial charge in [-0.3, -0.25) is 14.4 Å². The second-order valence-corrected chi connectivity index (χ2v) is 15.7. The van der Waals surface area contributed by atoms with Gasteiger partial charge in [-0.15, -0.1) is 0 Å². The number of nitrogens with zero attached hydrogens (tertiary/aromatic N) is 2. The van der Waals surface area contributed by atoms with E-state index in [1.807, 2.05) is 14.1 Å². The molecule has 0 aliphatic rings. The summed E-state index contributed by atoms with van der Waals surface area (Å²) in [4.78, 5) is 41.5. The van der Waals surface area contributed by atoms with Crippen LogP contribution >= 0.6 is 11.8 Å². The highest BCUT2D eigenvalue weighted by molar-refractivity contribution is 7.99. The van der Waals surface area contributed by atoms with Crippen molar-refractivity contribution in [1.82, 2.24) is 9.80 Å². The van der Waals surface area contributed by atoms with E-state index in [0.717, 1.165) is 76.5 Å². The molecule has 312 valence electrons. The topological polar surface area (TPSA) is 76.1 Å². The lowest BCUT2D eigenvalue weighted by Gasteiger charge is -2.22. The molecule has 0 atom stereocenters. The molecule has 0 bridgehead atoms. The van der Waals surface area contributed by atoms with Crippen molar-refractivity contribution in [2.75, 3.05) is 58.4 Å². The summed E-state index contributed by atoms with van der Waals surface area (Å²) in [5.74, 6) is 0.772. The SMILES string of the molecule is CCCCCC=CCC=CCCCCCCCC(=O)OCCN(CCOC(=O)CCCCCCCC=CCC=CCCCCC)C(=O)CSCCN(C)C. The summed E-state index contributed by atoms with van der Waals surface area (Å²) < 4.78 is 11.0. The first-order chi connectivity index (χ1) is 26.4. The van der Waals surface area contributed by atoms with Crippen LogP contribution in [0.15, 0.2) is 48.6 Å². The zero-order valence-corrected chi connectivity index (χ0v) is 36.2. The van der Waals surface area contributed by atoms with Crippen molar-refractivity contribution in [3.8, 4) is 0 Å². The van der Waals surface area contributed by atoms with Gasteiger partial charge in [0.1, 0.15) is 13.2 Å². The van der Waals surface area contributed by atoms with Crippen molar-refractivity contribution in [1.29, 1.82) is 0 Å². The normalized spacial score (nSPS) is 11.9. The number of ether oxygens (including phenoxy) is 2. The van der Waals surface area contributed by atoms with Crippen LogP contribution in [0, 0.1) is 0 Å². The first kappa shape index (κ1) is 51.7. The van der Waals surface area contributed by atoms with Gasteiger partial charge in [0.15, 0.2) is 0 Å². The van der Waals surface area contributed by atoms with Gasteiger partial charge in [0.05, 0.1) is 18.8 Å². The number of carbonyl (C=O) groups is 3. The molecule has 7 nitrogen and oxygen atoms in total. The van der Waals surface area contributed by atoms with Gasteiger partial charge in [-0.1, -0.05) is 127 Å². The van der Waals surface area contributed by atoms with E-state index in [1.54, 1.807) is 16.7 Å². The highest BCUT2D eigenvalue weighted by Crippen LogP contribution is 2.11. The van der Waals surface area contributed by atoms with Crippen LogP contribution in [-0.2, 0) is 23.9 Å². The Balaban J connectivity index is 4.16. The third-order valence-electron chi connectivity index (χ3n) is 9.17. The van der Waals surface area contributed by atoms with Gasteiger partial charge in [-0.25, -0.2) is 0 Å². The average molecular weight is 775 g/mol. The molecule has 8 heteroatoms. The van der Waals surface area contributed by atoms with Crippen molar-refractivity contribution in [3.63, 3.8) is 0 Å². The predicted octanol–water partition coefficient (Wildman–Crippen LogP) is 11.8. The van der Waals surface area contributed by atoms with Crippen molar-refractivity contribution < 1.29 is 23.9 Å². The van der Waals surface area contributed by atoms with Crippen molar-refractivity contribution in [2.24, 2.45) is 0 Å². The molecule has 0 fully saturated rings. The summed E-state index contributed by atoms with van der Waals surface area (Å²) >= 11 is 1.59. The Bertz CT molecular complexity index is 930. The Morgan fingerprint density at radius 2 is 0.889 bits per heavy atom. The fourth-order valence-corrected chi connectivity index (χ4v) is 6.70. The minimum atomic E-state index is -0.211. The number of hydrogen-bond acceptors (Lipinski definition) is 7. The number of esters is 2. The number of unbranched alkanes of at least 4 members (excludes halogenated alkanes) is 16. The maximum absolute atomic E-state index is 13.0. The molecule has 0 saturated carbocycles. The van der Waals surface area contributed by atoms with Crippen molar-refractivity contribution in [3.05, 3.63) is 48.6 Å². The van der Waals surface area contributed by atoms with Crippen LogP contribution in [-0.4, -0.2) is 86.1 Å². The van der Waals surface area contributed by atoms with Gasteiger partial charge in [-0.2, -0.15) is 11.8 Å². The van der Waals surface area contributed by atoms with Gasteiger partial charge in [0.25, 0.3) is 0 Å². The quantitative estimate of drug-likeness (QED) is 0.0350. The van der Waals surface area contributed by atoms with Crippen molar-refractivity contribution >= 4 is 29.6 Å². The average Bonchev–Trinajstić information content (AvgIpc) is 3.15. The summed E-state index contributed by atoms with van der Waals surface area (Å²) in [5, 5.41) is 0. The van der Waals surface area contributed by atoms with E-state index in [4.69, 9.17) is 9.47 Å². The van der Waals surface area contributed by atoms with Crippen LogP contribution < -0.4 is 0 Å². The highest BCUT2D eigenvalue weighted by atomic mass is 32.2. The second-order valence-electron chi connectivity index (χ2n) is 14.6. The van der Waals surface area contributed by atoms with E-state index in [-0.39, 0.29) is 31.1 Å². The molecule has 54 heavy (non-hydrogen) atoms. The monoisotopic (exact) mass is 775 g/mol. The minimum Gasteiger partial charge on any atom is -0.464 e. The van der Waals surface area contributed by atoms with Gasteiger partial charge in [0, 0.05) is 25.1 Å². The van der Waals surface area contributed by atoms with Crippen LogP contribution in [0.4, 0.5) is 0 Å². The van der Waals surface area contributed by atoms with Crippen molar-refractivity contribution in [2.45, 2.75) is 168 Å². The van der Waals surface area contributed by atoms with Crippen LogP contribution in [0.25, 0.3) is 0 Å². The van der Waals surface area contributed by atoms with E-state index < -0.39 is 0 Å². The Labute approximate surface area is 337 Å². The predicted molar refractivity (Wildman–Crippen MR) is 233 cm³/mol. The summed E-state index contributed by atoms with van der Waals surface area (Å²) in [6.45, 7) is 6.31. The van der Waals surface area contributed by atoms with E-state index in [9.17, 15) is 14.4 Å². The molecule has 0 unspecified atom stereocenters. The Morgan fingerprint density at radius 3 is 1.30 bits per heavy atom. The lowest BCUT2D eigenvalue weighted by Crippen LogP contribution is -2.38. The van der Waals surface area contributed by atoms with E-state index >= 15 is 0 Å². The molecule has 0 aromatic carbocycles. The largest absolute Gasteiger partial charge is 0.464 e. The lowest BCUT2D eigenvalue weighted by atomic mass is 10.1. The molecule has 0 N–H and O–H groups in total. The Kier molecular flexibility index (Phi) is 40.0. The van der Waals surface area contributed by atoms with Gasteiger partial charge >= 0.3 is 11.9 Å². The number of rotatable bonds is 39. The maximum Gasteiger partial charge on any atom is 0.305 e. The Morgan fingerprint density at radius 1 is 0.500 bits per heavy atom. The third-order valence-corrected chi connectivity index (χ3v) is 10.1. The van der Waals surface area contributed by atoms with Crippen LogP contribution in [0.5, 0.6) is 0 Å². The number of thioether (sulfide) groups is 1. The number of amides is 1. The van der Waals surface area contributed by atoms with Gasteiger partial charge in [0.2, 0.25) is 5.91 Å². The molecule has 0 radical (unpaired) electrons. The van der Waals surface area contributed by atoms with Crippen LogP contribution in [0.2, 0.25) is 0 Å². The molecule has 0 rings (SSSR count). The molecule has 0 saturated heterocycles. The molecular formula is C46H82N2O5S. The van der Waals surface area contributed by atoms with Gasteiger partial charge in [-0.05, 0) is 91.1 Å². The highest BCUT2D eigenvalue weighted by Gasteiger charge is 2.16. The second kappa shape index (κ2) is 41.8. The molecule has 0 aromatic rings. The fraction of sp³-hybridized carbons (Fsp3) is 0.761. The van der Waals surface area contributed by atoms with Crippen LogP contribution in [0.1, 0.15) is 168 Å². The molecular weight excluding hydrogens is 693 g/mol. The molecule has 0 aliphatic heterocycles. The fourth-order valence-electron chi connectivity index (χ4n) is 5.70. The smallest absolute Gasteiger partial charge is 0.305 e. The van der Waals surface area contributed by atoms with E-state index in [0.29, 0.717) is 31.7 Å². The zero-order valence-electron chi connectivity index (χ0n) is 35.4. The number of allylic oxidation sites excluding steroid dienone is 8. The minimum absolute atomic E-state index is 0.0201. The standard InChI is InChI=1S/C46H82N2O5S/c1-5-7-9-11-13-15-17-19-21-23-25-27-29-31-33-35-45(50)52-40-37-48(44(49)43-54-42-39-47(3)4)38-41-53-46(51)36-34-32-30-28-26-24-22-20-18-16-14-12-10-8-6-2/h13-16,19-22H,5-12,17-18,23-43H2,1-4H3. The summed E-state index contributed by atoms with van der Waals surface area (Å²) in [6, 6.07) is 0. The maximum atomic E-state index is 13.0. The summed E-state index contributed by atoms with van der Waals surface area (Å²) in [6.07, 6.45) is 44.2. The lowest BCUT2D eigenvalue weighted by molar-refractivity contribution is -0.147. The molecule has 0 aliphatic carbocycles. The summed E-state index contributed by atoms with van der Waals surface area (Å²) in [5.41, 5.74) is 0. The van der Waals surface area contributed by atoms with Crippen LogP contribution in [0.3, 0.4) is 0 Å². The molecule has 0 spiro atoms. The summed E-state index contributed by atoms with van der Waals surface area (Å²) in [7, 11) is 4.03.